The van der Waals surface area contributed by atoms with E-state index in [2.05, 4.69) is 6.07 Å². The molecule has 0 aliphatic carbocycles. The molecule has 1 amide bonds. The Morgan fingerprint density at radius 1 is 1.14 bits per heavy atom. The highest BCUT2D eigenvalue weighted by molar-refractivity contribution is 5.82. The standard InChI is InChI=1S/C16H26N2O4/c1-15(2,3)21-13(19)12-9-11(7-8-17)10-18(12)14(20)22-16(4,5)6/h11-12H,7,9-10H2,1-6H3. The number of carbonyl (C=O) groups is 2. The molecule has 0 aromatic carbocycles. The largest absolute Gasteiger partial charge is 0.458 e. The van der Waals surface area contributed by atoms with Crippen molar-refractivity contribution >= 4 is 12.1 Å². The Labute approximate surface area is 132 Å². The Kier molecular flexibility index (Phi) is 5.44. The Morgan fingerprint density at radius 2 is 1.68 bits per heavy atom. The molecule has 124 valence electrons. The van der Waals surface area contributed by atoms with Gasteiger partial charge >= 0.3 is 12.1 Å². The topological polar surface area (TPSA) is 79.6 Å². The van der Waals surface area contributed by atoms with Crippen LogP contribution >= 0.6 is 0 Å². The average Bonchev–Trinajstić information content (AvgIpc) is 2.69. The van der Waals surface area contributed by atoms with Gasteiger partial charge in [0, 0.05) is 13.0 Å². The summed E-state index contributed by atoms with van der Waals surface area (Å²) in [5, 5.41) is 8.85. The second-order valence-electron chi connectivity index (χ2n) is 7.65. The van der Waals surface area contributed by atoms with Crippen LogP contribution in [0, 0.1) is 17.2 Å². The normalized spacial score (nSPS) is 22.1. The highest BCUT2D eigenvalue weighted by Crippen LogP contribution is 2.29. The molecule has 1 aliphatic rings. The van der Waals surface area contributed by atoms with E-state index in [9.17, 15) is 9.59 Å². The van der Waals surface area contributed by atoms with E-state index < -0.39 is 29.3 Å². The first kappa shape index (κ1) is 18.3. The quantitative estimate of drug-likeness (QED) is 0.733. The Balaban J connectivity index is 2.88. The molecule has 0 aromatic heterocycles. The van der Waals surface area contributed by atoms with Crippen LogP contribution in [0.15, 0.2) is 0 Å². The second-order valence-corrected chi connectivity index (χ2v) is 7.65. The van der Waals surface area contributed by atoms with Crippen LogP contribution < -0.4 is 0 Å². The third kappa shape index (κ3) is 5.55. The molecular weight excluding hydrogens is 284 g/mol. The van der Waals surface area contributed by atoms with Crippen molar-refractivity contribution in [2.45, 2.75) is 71.6 Å². The van der Waals surface area contributed by atoms with Gasteiger partial charge in [-0.1, -0.05) is 0 Å². The molecule has 22 heavy (non-hydrogen) atoms. The predicted octanol–water partition coefficient (Wildman–Crippen LogP) is 2.87. The molecule has 1 rings (SSSR count). The number of amides is 1. The summed E-state index contributed by atoms with van der Waals surface area (Å²) >= 11 is 0. The molecule has 0 radical (unpaired) electrons. The Hall–Kier alpha value is -1.77. The van der Waals surface area contributed by atoms with Crippen molar-refractivity contribution in [3.8, 4) is 6.07 Å². The molecule has 1 fully saturated rings. The van der Waals surface area contributed by atoms with Crippen molar-refractivity contribution < 1.29 is 19.1 Å². The summed E-state index contributed by atoms with van der Waals surface area (Å²) in [6, 6.07) is 1.41. The van der Waals surface area contributed by atoms with E-state index >= 15 is 0 Å². The van der Waals surface area contributed by atoms with E-state index in [0.717, 1.165) is 0 Å². The summed E-state index contributed by atoms with van der Waals surface area (Å²) in [5.41, 5.74) is -1.26. The molecular formula is C16H26N2O4. The van der Waals surface area contributed by atoms with E-state index in [-0.39, 0.29) is 5.92 Å². The average molecular weight is 310 g/mol. The zero-order chi connectivity index (χ0) is 17.1. The van der Waals surface area contributed by atoms with Gasteiger partial charge in [-0.3, -0.25) is 4.90 Å². The minimum Gasteiger partial charge on any atom is -0.458 e. The lowest BCUT2D eigenvalue weighted by molar-refractivity contribution is -0.160. The second kappa shape index (κ2) is 6.55. The van der Waals surface area contributed by atoms with Crippen LogP contribution in [0.25, 0.3) is 0 Å². The molecule has 0 N–H and O–H groups in total. The number of esters is 1. The number of hydrogen-bond donors (Lipinski definition) is 0. The van der Waals surface area contributed by atoms with E-state index in [0.29, 0.717) is 19.4 Å². The van der Waals surface area contributed by atoms with Crippen molar-refractivity contribution in [2.24, 2.45) is 5.92 Å². The monoisotopic (exact) mass is 310 g/mol. The zero-order valence-electron chi connectivity index (χ0n) is 14.3. The number of carbonyl (C=O) groups excluding carboxylic acids is 2. The maximum absolute atomic E-state index is 12.3. The van der Waals surface area contributed by atoms with Gasteiger partial charge in [0.15, 0.2) is 0 Å². The zero-order valence-corrected chi connectivity index (χ0v) is 14.3. The first-order valence-corrected chi connectivity index (χ1v) is 7.52. The van der Waals surface area contributed by atoms with Gasteiger partial charge in [0.1, 0.15) is 17.2 Å². The molecule has 1 aliphatic heterocycles. The molecule has 2 atom stereocenters. The third-order valence-electron chi connectivity index (χ3n) is 3.07. The summed E-state index contributed by atoms with van der Waals surface area (Å²) < 4.78 is 10.7. The fraction of sp³-hybridized carbons (Fsp3) is 0.812. The van der Waals surface area contributed by atoms with Gasteiger partial charge in [0.2, 0.25) is 0 Å². The molecule has 0 spiro atoms. The van der Waals surface area contributed by atoms with Gasteiger partial charge in [-0.2, -0.15) is 5.26 Å². The third-order valence-corrected chi connectivity index (χ3v) is 3.07. The number of nitrogens with zero attached hydrogens (tertiary/aromatic N) is 2. The maximum Gasteiger partial charge on any atom is 0.411 e. The van der Waals surface area contributed by atoms with Gasteiger partial charge in [-0.25, -0.2) is 9.59 Å². The molecule has 6 heteroatoms. The number of likely N-dealkylation sites (tertiary alicyclic amines) is 1. The van der Waals surface area contributed by atoms with Crippen LogP contribution in [0.1, 0.15) is 54.4 Å². The predicted molar refractivity (Wildman–Crippen MR) is 80.9 cm³/mol. The van der Waals surface area contributed by atoms with Crippen LogP contribution in [0.2, 0.25) is 0 Å². The fourth-order valence-electron chi connectivity index (χ4n) is 2.32. The van der Waals surface area contributed by atoms with E-state index in [4.69, 9.17) is 14.7 Å². The molecule has 1 saturated heterocycles. The minimum absolute atomic E-state index is 0.0324. The highest BCUT2D eigenvalue weighted by atomic mass is 16.6. The summed E-state index contributed by atoms with van der Waals surface area (Å²) in [6.07, 6.45) is 0.198. The van der Waals surface area contributed by atoms with Crippen molar-refractivity contribution in [3.63, 3.8) is 0 Å². The van der Waals surface area contributed by atoms with Crippen molar-refractivity contribution in [2.75, 3.05) is 6.54 Å². The summed E-state index contributed by atoms with van der Waals surface area (Å²) in [7, 11) is 0. The summed E-state index contributed by atoms with van der Waals surface area (Å²) in [4.78, 5) is 26.0. The van der Waals surface area contributed by atoms with Crippen LogP contribution in [0.4, 0.5) is 4.79 Å². The van der Waals surface area contributed by atoms with E-state index in [1.54, 1.807) is 41.5 Å². The highest BCUT2D eigenvalue weighted by Gasteiger charge is 2.43. The van der Waals surface area contributed by atoms with Gasteiger partial charge in [0.05, 0.1) is 6.07 Å². The number of nitriles is 1. The Morgan fingerprint density at radius 3 is 2.14 bits per heavy atom. The van der Waals surface area contributed by atoms with Gasteiger partial charge in [0.25, 0.3) is 0 Å². The number of rotatable bonds is 2. The van der Waals surface area contributed by atoms with Crippen molar-refractivity contribution in [1.29, 1.82) is 5.26 Å². The lowest BCUT2D eigenvalue weighted by atomic mass is 10.0. The van der Waals surface area contributed by atoms with Crippen molar-refractivity contribution in [3.05, 3.63) is 0 Å². The van der Waals surface area contributed by atoms with Crippen LogP contribution in [0.5, 0.6) is 0 Å². The van der Waals surface area contributed by atoms with Gasteiger partial charge in [-0.15, -0.1) is 0 Å². The summed E-state index contributed by atoms with van der Waals surface area (Å²) in [5.74, 6) is -0.478. The first-order valence-electron chi connectivity index (χ1n) is 7.52. The van der Waals surface area contributed by atoms with Crippen LogP contribution in [0.3, 0.4) is 0 Å². The van der Waals surface area contributed by atoms with Gasteiger partial charge < -0.3 is 9.47 Å². The molecule has 0 bridgehead atoms. The fourth-order valence-corrected chi connectivity index (χ4v) is 2.32. The van der Waals surface area contributed by atoms with Crippen LogP contribution in [-0.4, -0.2) is 40.8 Å². The van der Waals surface area contributed by atoms with Crippen molar-refractivity contribution in [1.82, 2.24) is 4.90 Å². The molecule has 6 nitrogen and oxygen atoms in total. The molecule has 0 saturated carbocycles. The Bertz CT molecular complexity index is 432. The SMILES string of the molecule is CC(C)(C)OC(=O)C1CC(CC#N)CN1C(=O)OC(C)(C)C. The lowest BCUT2D eigenvalue weighted by Gasteiger charge is -2.29. The maximum atomic E-state index is 12.3. The van der Waals surface area contributed by atoms with Crippen LogP contribution in [-0.2, 0) is 14.3 Å². The minimum atomic E-state index is -0.688. The lowest BCUT2D eigenvalue weighted by Crippen LogP contribution is -2.45. The smallest absolute Gasteiger partial charge is 0.411 e. The molecule has 2 unspecified atom stereocenters. The molecule has 1 heterocycles. The molecule has 0 aromatic rings. The van der Waals surface area contributed by atoms with E-state index in [1.807, 2.05) is 0 Å². The summed E-state index contributed by atoms with van der Waals surface area (Å²) in [6.45, 7) is 11.0. The number of ether oxygens (including phenoxy) is 2. The number of hydrogen-bond acceptors (Lipinski definition) is 5. The first-order chi connectivity index (χ1) is 9.93. The van der Waals surface area contributed by atoms with E-state index in [1.165, 1.54) is 4.90 Å². The van der Waals surface area contributed by atoms with Gasteiger partial charge in [-0.05, 0) is 53.9 Å².